The summed E-state index contributed by atoms with van der Waals surface area (Å²) in [5.74, 6) is 0. The van der Waals surface area contributed by atoms with E-state index in [0.717, 1.165) is 5.02 Å². The Kier molecular flexibility index (Phi) is 5.00. The number of rotatable bonds is 1. The van der Waals surface area contributed by atoms with Crippen molar-refractivity contribution in [3.63, 3.8) is 0 Å². The molecule has 0 aliphatic heterocycles. The van der Waals surface area contributed by atoms with Gasteiger partial charge < -0.3 is 0 Å². The highest BCUT2D eigenvalue weighted by molar-refractivity contribution is 7.13. The molecule has 0 saturated heterocycles. The van der Waals surface area contributed by atoms with Gasteiger partial charge in [0.15, 0.2) is 0 Å². The molecule has 0 atom stereocenters. The SMILES string of the molecule is Cc1cc[c]s1.Clc1ccc(-c2cc[c]s2)cc1. The van der Waals surface area contributed by atoms with Gasteiger partial charge in [0.1, 0.15) is 0 Å². The van der Waals surface area contributed by atoms with Crippen molar-refractivity contribution >= 4 is 34.3 Å². The molecule has 0 aliphatic carbocycles. The summed E-state index contributed by atoms with van der Waals surface area (Å²) in [6.45, 7) is 2.07. The Balaban J connectivity index is 0.000000169. The molecule has 0 bridgehead atoms. The fraction of sp³-hybridized carbons (Fsp3) is 0.0667. The van der Waals surface area contributed by atoms with Crippen molar-refractivity contribution in [1.29, 1.82) is 0 Å². The Bertz CT molecular complexity index is 551. The summed E-state index contributed by atoms with van der Waals surface area (Å²) < 4.78 is 0. The van der Waals surface area contributed by atoms with E-state index in [1.807, 2.05) is 48.5 Å². The molecule has 0 unspecified atom stereocenters. The lowest BCUT2D eigenvalue weighted by atomic mass is 10.2. The van der Waals surface area contributed by atoms with Gasteiger partial charge >= 0.3 is 0 Å². The van der Waals surface area contributed by atoms with Crippen LogP contribution in [0.4, 0.5) is 0 Å². The van der Waals surface area contributed by atoms with Gasteiger partial charge in [0.25, 0.3) is 0 Å². The third kappa shape index (κ3) is 3.98. The highest BCUT2D eigenvalue weighted by Crippen LogP contribution is 2.25. The van der Waals surface area contributed by atoms with Crippen molar-refractivity contribution in [2.24, 2.45) is 0 Å². The molecule has 0 fully saturated rings. The second kappa shape index (κ2) is 6.74. The minimum atomic E-state index is 0.777. The first-order valence-corrected chi connectivity index (χ1v) is 7.41. The molecule has 3 heteroatoms. The zero-order chi connectivity index (χ0) is 12.8. The monoisotopic (exact) mass is 290 g/mol. The van der Waals surface area contributed by atoms with Crippen LogP contribution in [0.25, 0.3) is 10.4 Å². The van der Waals surface area contributed by atoms with Gasteiger partial charge in [-0.1, -0.05) is 23.7 Å². The summed E-state index contributed by atoms with van der Waals surface area (Å²) in [6.07, 6.45) is 0. The molecule has 1 aromatic carbocycles. The van der Waals surface area contributed by atoms with Gasteiger partial charge in [-0.2, -0.15) is 0 Å². The third-order valence-corrected chi connectivity index (χ3v) is 4.02. The second-order valence-electron chi connectivity index (χ2n) is 3.59. The molecule has 0 spiro atoms. The van der Waals surface area contributed by atoms with E-state index in [1.54, 1.807) is 22.7 Å². The van der Waals surface area contributed by atoms with Crippen LogP contribution in [0.1, 0.15) is 4.88 Å². The summed E-state index contributed by atoms with van der Waals surface area (Å²) in [5, 5.41) is 6.80. The molecule has 18 heavy (non-hydrogen) atoms. The van der Waals surface area contributed by atoms with Crippen molar-refractivity contribution in [3.05, 3.63) is 69.2 Å². The molecule has 0 amide bonds. The highest BCUT2D eigenvalue weighted by atomic mass is 35.5. The van der Waals surface area contributed by atoms with Gasteiger partial charge in [-0.3, -0.25) is 0 Å². The van der Waals surface area contributed by atoms with Crippen molar-refractivity contribution in [2.75, 3.05) is 0 Å². The molecule has 2 heterocycles. The fourth-order valence-electron chi connectivity index (χ4n) is 1.32. The van der Waals surface area contributed by atoms with Crippen LogP contribution in [0.2, 0.25) is 5.02 Å². The van der Waals surface area contributed by atoms with Crippen molar-refractivity contribution in [3.8, 4) is 10.4 Å². The largest absolute Gasteiger partial charge is 0.140 e. The first-order valence-electron chi connectivity index (χ1n) is 5.40. The molecule has 0 nitrogen and oxygen atoms in total. The summed E-state index contributed by atoms with van der Waals surface area (Å²) in [4.78, 5) is 2.56. The Morgan fingerprint density at radius 1 is 0.889 bits per heavy atom. The van der Waals surface area contributed by atoms with Crippen LogP contribution in [0.5, 0.6) is 0 Å². The standard InChI is InChI=1S/C10H6ClS.C5H5S/c11-9-5-3-8(4-6-9)10-2-1-7-12-10;1-5-3-2-4-6-5/h1-6H;2-3H,1H3. The molecule has 90 valence electrons. The number of thiophene rings is 2. The Labute approximate surface area is 121 Å². The van der Waals surface area contributed by atoms with Crippen LogP contribution < -0.4 is 0 Å². The van der Waals surface area contributed by atoms with Crippen LogP contribution in [-0.2, 0) is 0 Å². The van der Waals surface area contributed by atoms with E-state index in [0.29, 0.717) is 0 Å². The van der Waals surface area contributed by atoms with E-state index >= 15 is 0 Å². The van der Waals surface area contributed by atoms with Crippen LogP contribution >= 0.6 is 34.3 Å². The Morgan fingerprint density at radius 3 is 2.00 bits per heavy atom. The highest BCUT2D eigenvalue weighted by Gasteiger charge is 1.96. The fourth-order valence-corrected chi connectivity index (χ4v) is 2.56. The number of benzene rings is 1. The number of hydrogen-bond acceptors (Lipinski definition) is 2. The lowest BCUT2D eigenvalue weighted by Gasteiger charge is -1.95. The first kappa shape index (κ1) is 13.3. The molecule has 3 rings (SSSR count). The molecule has 2 aromatic heterocycles. The normalized spacial score (nSPS) is 9.67. The molecular weight excluding hydrogens is 280 g/mol. The summed E-state index contributed by atoms with van der Waals surface area (Å²) >= 11 is 9.04. The van der Waals surface area contributed by atoms with Crippen molar-refractivity contribution in [2.45, 2.75) is 6.92 Å². The summed E-state index contributed by atoms with van der Waals surface area (Å²) in [6, 6.07) is 15.8. The van der Waals surface area contributed by atoms with Crippen LogP contribution in [0.15, 0.2) is 48.5 Å². The smallest absolute Gasteiger partial charge is 0.0449 e. The summed E-state index contributed by atoms with van der Waals surface area (Å²) in [7, 11) is 0. The maximum Gasteiger partial charge on any atom is 0.0449 e. The number of hydrogen-bond donors (Lipinski definition) is 0. The maximum absolute atomic E-state index is 5.77. The predicted octanol–water partition coefficient (Wildman–Crippen LogP) is 5.73. The quantitative estimate of drug-likeness (QED) is 0.537. The topological polar surface area (TPSA) is 0 Å². The number of aryl methyl sites for hydroxylation is 1. The average Bonchev–Trinajstić information content (AvgIpc) is 3.03. The molecular formula is C15H11ClS2. The first-order chi connectivity index (χ1) is 8.75. The van der Waals surface area contributed by atoms with E-state index < -0.39 is 0 Å². The minimum absolute atomic E-state index is 0.777. The van der Waals surface area contributed by atoms with Crippen molar-refractivity contribution in [1.82, 2.24) is 0 Å². The predicted molar refractivity (Wildman–Crippen MR) is 81.5 cm³/mol. The van der Waals surface area contributed by atoms with Gasteiger partial charge in [-0.15, -0.1) is 22.7 Å². The molecule has 0 N–H and O–H groups in total. The zero-order valence-corrected chi connectivity index (χ0v) is 12.2. The Morgan fingerprint density at radius 2 is 1.56 bits per heavy atom. The van der Waals surface area contributed by atoms with Gasteiger partial charge in [0.2, 0.25) is 0 Å². The van der Waals surface area contributed by atoms with E-state index in [9.17, 15) is 0 Å². The van der Waals surface area contributed by atoms with Gasteiger partial charge in [-0.25, -0.2) is 0 Å². The Hall–Kier alpha value is -1.09. The molecule has 3 aromatic rings. The number of halogens is 1. The van der Waals surface area contributed by atoms with Crippen molar-refractivity contribution < 1.29 is 0 Å². The van der Waals surface area contributed by atoms with Gasteiger partial charge in [0, 0.05) is 25.5 Å². The van der Waals surface area contributed by atoms with E-state index in [4.69, 9.17) is 11.6 Å². The van der Waals surface area contributed by atoms with E-state index in [1.165, 1.54) is 15.3 Å². The van der Waals surface area contributed by atoms with Crippen LogP contribution in [-0.4, -0.2) is 0 Å². The van der Waals surface area contributed by atoms with Crippen LogP contribution in [0.3, 0.4) is 0 Å². The van der Waals surface area contributed by atoms with Gasteiger partial charge in [0.05, 0.1) is 0 Å². The lowest BCUT2D eigenvalue weighted by Crippen LogP contribution is -1.69. The van der Waals surface area contributed by atoms with E-state index in [2.05, 4.69) is 17.7 Å². The zero-order valence-electron chi connectivity index (χ0n) is 9.81. The average molecular weight is 291 g/mol. The summed E-state index contributed by atoms with van der Waals surface area (Å²) in [5.41, 5.74) is 1.20. The minimum Gasteiger partial charge on any atom is -0.140 e. The third-order valence-electron chi connectivity index (χ3n) is 2.21. The van der Waals surface area contributed by atoms with Gasteiger partial charge in [-0.05, 0) is 48.9 Å². The molecule has 2 radical (unpaired) electrons. The molecule has 0 aliphatic rings. The van der Waals surface area contributed by atoms with E-state index in [-0.39, 0.29) is 0 Å². The lowest BCUT2D eigenvalue weighted by molar-refractivity contribution is 1.64. The molecule has 0 saturated carbocycles. The van der Waals surface area contributed by atoms with Crippen LogP contribution in [0, 0.1) is 17.7 Å². The second-order valence-corrected chi connectivity index (χ2v) is 5.99. The maximum atomic E-state index is 5.77.